The van der Waals surface area contributed by atoms with E-state index in [0.29, 0.717) is 24.7 Å². The smallest absolute Gasteiger partial charge is 0.271 e. The number of hydrogen-bond acceptors (Lipinski definition) is 5. The average molecular weight is 280 g/mol. The van der Waals surface area contributed by atoms with Gasteiger partial charge in [-0.3, -0.25) is 4.79 Å². The van der Waals surface area contributed by atoms with Gasteiger partial charge in [0.2, 0.25) is 0 Å². The van der Waals surface area contributed by atoms with Gasteiger partial charge in [0.05, 0.1) is 0 Å². The minimum atomic E-state index is -0.203. The first-order valence-electron chi connectivity index (χ1n) is 6.83. The summed E-state index contributed by atoms with van der Waals surface area (Å²) in [5, 5.41) is 13.8. The van der Waals surface area contributed by atoms with Crippen molar-refractivity contribution in [2.45, 2.75) is 27.2 Å². The van der Waals surface area contributed by atoms with Gasteiger partial charge < -0.3 is 15.4 Å². The largest absolute Gasteiger partial charge is 0.385 e. The molecule has 0 aliphatic heterocycles. The quantitative estimate of drug-likeness (QED) is 0.758. The molecular weight excluding hydrogens is 256 g/mol. The lowest BCUT2D eigenvalue weighted by Gasteiger charge is -2.24. The molecule has 20 heavy (non-hydrogen) atoms. The van der Waals surface area contributed by atoms with Crippen molar-refractivity contribution in [1.29, 1.82) is 0 Å². The third-order valence-corrected chi connectivity index (χ3v) is 2.97. The van der Waals surface area contributed by atoms with Crippen LogP contribution in [0.3, 0.4) is 0 Å². The van der Waals surface area contributed by atoms with Gasteiger partial charge in [0.1, 0.15) is 5.82 Å². The number of nitrogens with one attached hydrogen (secondary N) is 2. The molecule has 1 amide bonds. The Balaban J connectivity index is 2.49. The van der Waals surface area contributed by atoms with Gasteiger partial charge in [-0.2, -0.15) is 0 Å². The number of nitrogens with zero attached hydrogens (tertiary/aromatic N) is 2. The first-order valence-corrected chi connectivity index (χ1v) is 6.83. The molecule has 2 N–H and O–H groups in total. The lowest BCUT2D eigenvalue weighted by atomic mass is 9.89. The lowest BCUT2D eigenvalue weighted by molar-refractivity contribution is 0.0915. The van der Waals surface area contributed by atoms with Crippen molar-refractivity contribution < 1.29 is 9.53 Å². The molecule has 0 aliphatic carbocycles. The van der Waals surface area contributed by atoms with Crippen molar-refractivity contribution in [3.05, 3.63) is 17.8 Å². The topological polar surface area (TPSA) is 76.1 Å². The average Bonchev–Trinajstić information content (AvgIpc) is 2.44. The highest BCUT2D eigenvalue weighted by atomic mass is 16.5. The SMILES string of the molecule is CCNc1ccc(C(=O)NCC(C)(C)CCOC)nn1. The maximum Gasteiger partial charge on any atom is 0.271 e. The second-order valence-electron chi connectivity index (χ2n) is 5.42. The van der Waals surface area contributed by atoms with Crippen LogP contribution in [0.15, 0.2) is 12.1 Å². The molecule has 0 saturated carbocycles. The van der Waals surface area contributed by atoms with E-state index < -0.39 is 0 Å². The molecule has 0 atom stereocenters. The zero-order chi connectivity index (χ0) is 15.0. The van der Waals surface area contributed by atoms with Gasteiger partial charge in [0, 0.05) is 26.8 Å². The Morgan fingerprint density at radius 1 is 1.35 bits per heavy atom. The molecule has 0 aromatic carbocycles. The Kier molecular flexibility index (Phi) is 6.38. The van der Waals surface area contributed by atoms with Gasteiger partial charge in [-0.25, -0.2) is 0 Å². The van der Waals surface area contributed by atoms with E-state index in [1.807, 2.05) is 6.92 Å². The molecule has 0 bridgehead atoms. The monoisotopic (exact) mass is 280 g/mol. The normalized spacial score (nSPS) is 11.2. The standard InChI is InChI=1S/C14H24N4O2/c1-5-15-12-7-6-11(17-18-12)13(19)16-10-14(2,3)8-9-20-4/h6-7H,5,8-10H2,1-4H3,(H,15,18)(H,16,19). The van der Waals surface area contributed by atoms with E-state index in [-0.39, 0.29) is 11.3 Å². The van der Waals surface area contributed by atoms with Crippen molar-refractivity contribution in [3.63, 3.8) is 0 Å². The number of aromatic nitrogens is 2. The molecule has 0 aliphatic rings. The molecule has 0 saturated heterocycles. The van der Waals surface area contributed by atoms with Crippen LogP contribution in [0.25, 0.3) is 0 Å². The van der Waals surface area contributed by atoms with E-state index in [0.717, 1.165) is 13.0 Å². The van der Waals surface area contributed by atoms with Gasteiger partial charge in [-0.05, 0) is 30.9 Å². The Morgan fingerprint density at radius 2 is 2.10 bits per heavy atom. The van der Waals surface area contributed by atoms with Crippen LogP contribution in [-0.4, -0.2) is 42.9 Å². The number of carbonyl (C=O) groups excluding carboxylic acids is 1. The summed E-state index contributed by atoms with van der Waals surface area (Å²) in [6.45, 7) is 8.18. The fourth-order valence-corrected chi connectivity index (χ4v) is 1.61. The number of methoxy groups -OCH3 is 1. The molecule has 0 fully saturated rings. The number of ether oxygens (including phenoxy) is 1. The highest BCUT2D eigenvalue weighted by molar-refractivity contribution is 5.92. The fourth-order valence-electron chi connectivity index (χ4n) is 1.61. The van der Waals surface area contributed by atoms with Crippen LogP contribution in [0.4, 0.5) is 5.82 Å². The molecule has 0 radical (unpaired) electrons. The fraction of sp³-hybridized carbons (Fsp3) is 0.643. The summed E-state index contributed by atoms with van der Waals surface area (Å²) in [5.74, 6) is 0.468. The predicted octanol–water partition coefficient (Wildman–Crippen LogP) is 1.70. The van der Waals surface area contributed by atoms with E-state index >= 15 is 0 Å². The van der Waals surface area contributed by atoms with E-state index in [4.69, 9.17) is 4.74 Å². The molecule has 1 rings (SSSR count). The van der Waals surface area contributed by atoms with Crippen LogP contribution < -0.4 is 10.6 Å². The lowest BCUT2D eigenvalue weighted by Crippen LogP contribution is -2.35. The summed E-state index contributed by atoms with van der Waals surface area (Å²) in [4.78, 5) is 12.0. The van der Waals surface area contributed by atoms with Crippen molar-refractivity contribution in [3.8, 4) is 0 Å². The van der Waals surface area contributed by atoms with Crippen molar-refractivity contribution in [2.75, 3.05) is 32.1 Å². The van der Waals surface area contributed by atoms with E-state index in [1.165, 1.54) is 0 Å². The van der Waals surface area contributed by atoms with Gasteiger partial charge >= 0.3 is 0 Å². The Labute approximate surface area is 120 Å². The highest BCUT2D eigenvalue weighted by Crippen LogP contribution is 2.18. The minimum absolute atomic E-state index is 0.0111. The number of anilines is 1. The second-order valence-corrected chi connectivity index (χ2v) is 5.42. The van der Waals surface area contributed by atoms with Crippen molar-refractivity contribution >= 4 is 11.7 Å². The van der Waals surface area contributed by atoms with Gasteiger partial charge in [-0.1, -0.05) is 13.8 Å². The second kappa shape index (κ2) is 7.79. The van der Waals surface area contributed by atoms with Crippen LogP contribution >= 0.6 is 0 Å². The van der Waals surface area contributed by atoms with Crippen LogP contribution in [0.5, 0.6) is 0 Å². The zero-order valence-electron chi connectivity index (χ0n) is 12.7. The third-order valence-electron chi connectivity index (χ3n) is 2.97. The van der Waals surface area contributed by atoms with Crippen molar-refractivity contribution in [1.82, 2.24) is 15.5 Å². The molecule has 6 heteroatoms. The van der Waals surface area contributed by atoms with Crippen LogP contribution in [0.2, 0.25) is 0 Å². The summed E-state index contributed by atoms with van der Waals surface area (Å²) < 4.78 is 5.06. The van der Waals surface area contributed by atoms with E-state index in [2.05, 4.69) is 34.7 Å². The van der Waals surface area contributed by atoms with E-state index in [1.54, 1.807) is 19.2 Å². The molecule has 1 aromatic heterocycles. The first kappa shape index (κ1) is 16.4. The summed E-state index contributed by atoms with van der Waals surface area (Å²) in [5.41, 5.74) is 0.317. The third kappa shape index (κ3) is 5.52. The summed E-state index contributed by atoms with van der Waals surface area (Å²) in [7, 11) is 1.68. The summed E-state index contributed by atoms with van der Waals surface area (Å²) >= 11 is 0. The number of hydrogen-bond donors (Lipinski definition) is 2. The molecule has 1 heterocycles. The molecule has 0 unspecified atom stereocenters. The maximum atomic E-state index is 12.0. The number of carbonyl (C=O) groups is 1. The Bertz CT molecular complexity index is 418. The highest BCUT2D eigenvalue weighted by Gasteiger charge is 2.19. The minimum Gasteiger partial charge on any atom is -0.385 e. The molecular formula is C14H24N4O2. The van der Waals surface area contributed by atoms with E-state index in [9.17, 15) is 4.79 Å². The number of amides is 1. The summed E-state index contributed by atoms with van der Waals surface area (Å²) in [6, 6.07) is 3.42. The molecule has 1 aromatic rings. The Hall–Kier alpha value is -1.69. The van der Waals surface area contributed by atoms with Crippen LogP contribution in [-0.2, 0) is 4.74 Å². The maximum absolute atomic E-state index is 12.0. The van der Waals surface area contributed by atoms with Gasteiger partial charge in [-0.15, -0.1) is 10.2 Å². The molecule has 112 valence electrons. The zero-order valence-corrected chi connectivity index (χ0v) is 12.7. The predicted molar refractivity (Wildman–Crippen MR) is 78.8 cm³/mol. The van der Waals surface area contributed by atoms with Gasteiger partial charge in [0.15, 0.2) is 5.69 Å². The first-order chi connectivity index (χ1) is 9.48. The Morgan fingerprint density at radius 3 is 2.65 bits per heavy atom. The van der Waals surface area contributed by atoms with Crippen LogP contribution in [0, 0.1) is 5.41 Å². The molecule has 0 spiro atoms. The number of rotatable bonds is 8. The van der Waals surface area contributed by atoms with Gasteiger partial charge in [0.25, 0.3) is 5.91 Å². The van der Waals surface area contributed by atoms with Crippen molar-refractivity contribution in [2.24, 2.45) is 5.41 Å². The molecule has 6 nitrogen and oxygen atoms in total. The van der Waals surface area contributed by atoms with Crippen LogP contribution in [0.1, 0.15) is 37.7 Å². The summed E-state index contributed by atoms with van der Waals surface area (Å²) in [6.07, 6.45) is 0.884.